The highest BCUT2D eigenvalue weighted by Gasteiger charge is 2.15. The quantitative estimate of drug-likeness (QED) is 0.661. The van der Waals surface area contributed by atoms with Crippen LogP contribution in [0, 0.1) is 0 Å². The number of halogens is 1. The highest BCUT2D eigenvalue weighted by Crippen LogP contribution is 2.19. The molecule has 2 heterocycles. The van der Waals surface area contributed by atoms with E-state index in [-0.39, 0.29) is 0 Å². The molecule has 1 aromatic rings. The van der Waals surface area contributed by atoms with Crippen LogP contribution in [0.5, 0.6) is 0 Å². The molecule has 0 amide bonds. The van der Waals surface area contributed by atoms with Crippen LogP contribution in [-0.2, 0) is 0 Å². The summed E-state index contributed by atoms with van der Waals surface area (Å²) in [5, 5.41) is 4.73. The number of rotatable bonds is 1. The molecule has 2 rings (SSSR count). The largest absolute Gasteiger partial charge is 0.351 e. The Bertz CT molecular complexity index is 285. The molecule has 4 nitrogen and oxygen atoms in total. The zero-order chi connectivity index (χ0) is 9.10. The van der Waals surface area contributed by atoms with Crippen LogP contribution >= 0.6 is 11.6 Å². The molecule has 0 unspecified atom stereocenters. The Morgan fingerprint density at radius 3 is 2.54 bits per heavy atom. The number of aromatic nitrogens is 2. The average molecular weight is 198 g/mol. The molecule has 1 aliphatic heterocycles. The van der Waals surface area contributed by atoms with Crippen molar-refractivity contribution in [1.29, 1.82) is 0 Å². The number of anilines is 1. The van der Waals surface area contributed by atoms with Crippen LogP contribution < -0.4 is 10.2 Å². The van der Waals surface area contributed by atoms with Crippen molar-refractivity contribution in [2.75, 3.05) is 31.1 Å². The van der Waals surface area contributed by atoms with Crippen LogP contribution in [0.1, 0.15) is 0 Å². The maximum atomic E-state index is 5.91. The number of nitrogens with zero attached hydrogens (tertiary/aromatic N) is 4. The summed E-state index contributed by atoms with van der Waals surface area (Å²) in [6.07, 6.45) is 3.26. The summed E-state index contributed by atoms with van der Waals surface area (Å²) in [4.78, 5) is 10.3. The maximum Gasteiger partial charge on any atom is 0.171 e. The Kier molecular flexibility index (Phi) is 2.61. The normalized spacial score (nSPS) is 17.5. The molecular weight excluding hydrogens is 188 g/mol. The first-order valence-electron chi connectivity index (χ1n) is 4.22. The fraction of sp³-hybridized carbons (Fsp3) is 0.500. The van der Waals surface area contributed by atoms with E-state index in [1.807, 2.05) is 0 Å². The smallest absolute Gasteiger partial charge is 0.171 e. The second-order valence-electron chi connectivity index (χ2n) is 2.83. The van der Waals surface area contributed by atoms with Crippen molar-refractivity contribution in [2.45, 2.75) is 0 Å². The van der Waals surface area contributed by atoms with E-state index in [2.05, 4.69) is 20.2 Å². The molecular formula is C8H10ClN4. The predicted molar refractivity (Wildman–Crippen MR) is 51.1 cm³/mol. The van der Waals surface area contributed by atoms with Crippen LogP contribution in [-0.4, -0.2) is 36.1 Å². The Morgan fingerprint density at radius 2 is 1.85 bits per heavy atom. The fourth-order valence-electron chi connectivity index (χ4n) is 1.34. The standard InChI is InChI=1S/C8H10ClN4/c9-7-8(12-2-1-11-7)13-5-3-10-4-6-13/h1-2H,3-6H2. The highest BCUT2D eigenvalue weighted by molar-refractivity contribution is 6.31. The van der Waals surface area contributed by atoms with Crippen molar-refractivity contribution in [3.8, 4) is 0 Å². The van der Waals surface area contributed by atoms with Crippen molar-refractivity contribution in [3.05, 3.63) is 17.5 Å². The molecule has 69 valence electrons. The average Bonchev–Trinajstić information content (AvgIpc) is 2.20. The first-order chi connectivity index (χ1) is 6.38. The van der Waals surface area contributed by atoms with E-state index in [4.69, 9.17) is 11.6 Å². The topological polar surface area (TPSA) is 43.1 Å². The third-order valence-corrected chi connectivity index (χ3v) is 2.26. The number of piperazine rings is 1. The minimum absolute atomic E-state index is 0.476. The molecule has 0 bridgehead atoms. The van der Waals surface area contributed by atoms with Gasteiger partial charge in [0.15, 0.2) is 11.0 Å². The Hall–Kier alpha value is -0.870. The summed E-state index contributed by atoms with van der Waals surface area (Å²) in [5.41, 5.74) is 0. The van der Waals surface area contributed by atoms with Gasteiger partial charge in [-0.05, 0) is 0 Å². The summed E-state index contributed by atoms with van der Waals surface area (Å²) in [6.45, 7) is 3.48. The second-order valence-corrected chi connectivity index (χ2v) is 3.19. The fourth-order valence-corrected chi connectivity index (χ4v) is 1.57. The van der Waals surface area contributed by atoms with E-state index < -0.39 is 0 Å². The zero-order valence-electron chi connectivity index (χ0n) is 7.15. The molecule has 13 heavy (non-hydrogen) atoms. The predicted octanol–water partition coefficient (Wildman–Crippen LogP) is 0.554. The van der Waals surface area contributed by atoms with E-state index in [1.165, 1.54) is 0 Å². The minimum Gasteiger partial charge on any atom is -0.351 e. The van der Waals surface area contributed by atoms with Crippen molar-refractivity contribution in [3.63, 3.8) is 0 Å². The number of hydrogen-bond acceptors (Lipinski definition) is 3. The molecule has 5 heteroatoms. The van der Waals surface area contributed by atoms with Crippen LogP contribution in [0.4, 0.5) is 5.82 Å². The zero-order valence-corrected chi connectivity index (χ0v) is 7.91. The molecule has 1 radical (unpaired) electrons. The lowest BCUT2D eigenvalue weighted by Gasteiger charge is -2.27. The van der Waals surface area contributed by atoms with Crippen LogP contribution in [0.15, 0.2) is 12.4 Å². The SMILES string of the molecule is Clc1nccnc1N1CC[N]CC1. The molecule has 0 aromatic carbocycles. The maximum absolute atomic E-state index is 5.91. The third-order valence-electron chi connectivity index (χ3n) is 1.99. The lowest BCUT2D eigenvalue weighted by atomic mass is 10.3. The van der Waals surface area contributed by atoms with Crippen molar-refractivity contribution < 1.29 is 0 Å². The van der Waals surface area contributed by atoms with Gasteiger partial charge in [-0.15, -0.1) is 0 Å². The van der Waals surface area contributed by atoms with Gasteiger partial charge in [-0.1, -0.05) is 11.6 Å². The van der Waals surface area contributed by atoms with Gasteiger partial charge in [-0.2, -0.15) is 0 Å². The van der Waals surface area contributed by atoms with E-state index >= 15 is 0 Å². The van der Waals surface area contributed by atoms with Crippen molar-refractivity contribution in [2.24, 2.45) is 0 Å². The van der Waals surface area contributed by atoms with Gasteiger partial charge in [-0.25, -0.2) is 15.3 Å². The first kappa shape index (κ1) is 8.72. The molecule has 0 N–H and O–H groups in total. The first-order valence-corrected chi connectivity index (χ1v) is 4.60. The highest BCUT2D eigenvalue weighted by atomic mass is 35.5. The molecule has 0 atom stereocenters. The van der Waals surface area contributed by atoms with Crippen molar-refractivity contribution in [1.82, 2.24) is 15.3 Å². The minimum atomic E-state index is 0.476. The van der Waals surface area contributed by atoms with E-state index in [0.717, 1.165) is 32.0 Å². The summed E-state index contributed by atoms with van der Waals surface area (Å²) < 4.78 is 0. The van der Waals surface area contributed by atoms with Gasteiger partial charge >= 0.3 is 0 Å². The Morgan fingerprint density at radius 1 is 1.15 bits per heavy atom. The molecule has 0 aliphatic carbocycles. The van der Waals surface area contributed by atoms with Gasteiger partial charge in [0.25, 0.3) is 0 Å². The Balaban J connectivity index is 2.18. The summed E-state index contributed by atoms with van der Waals surface area (Å²) in [7, 11) is 0. The lowest BCUT2D eigenvalue weighted by molar-refractivity contribution is 0.574. The molecule has 0 spiro atoms. The van der Waals surface area contributed by atoms with E-state index in [9.17, 15) is 0 Å². The van der Waals surface area contributed by atoms with Gasteiger partial charge < -0.3 is 4.90 Å². The molecule has 0 saturated carbocycles. The van der Waals surface area contributed by atoms with Gasteiger partial charge in [0, 0.05) is 38.6 Å². The lowest BCUT2D eigenvalue weighted by Crippen LogP contribution is -2.40. The molecule has 1 saturated heterocycles. The van der Waals surface area contributed by atoms with E-state index in [1.54, 1.807) is 12.4 Å². The monoisotopic (exact) mass is 197 g/mol. The number of hydrogen-bond donors (Lipinski definition) is 0. The summed E-state index contributed by atoms with van der Waals surface area (Å²) in [6, 6.07) is 0. The molecule has 1 fully saturated rings. The van der Waals surface area contributed by atoms with Crippen LogP contribution in [0.2, 0.25) is 5.15 Å². The molecule has 1 aliphatic rings. The van der Waals surface area contributed by atoms with Gasteiger partial charge in [0.1, 0.15) is 0 Å². The molecule has 1 aromatic heterocycles. The third kappa shape index (κ3) is 1.89. The van der Waals surface area contributed by atoms with Crippen LogP contribution in [0.3, 0.4) is 0 Å². The van der Waals surface area contributed by atoms with Crippen LogP contribution in [0.25, 0.3) is 0 Å². The van der Waals surface area contributed by atoms with E-state index in [0.29, 0.717) is 5.15 Å². The van der Waals surface area contributed by atoms with Crippen molar-refractivity contribution >= 4 is 17.4 Å². The second kappa shape index (κ2) is 3.89. The summed E-state index contributed by atoms with van der Waals surface area (Å²) >= 11 is 5.91. The van der Waals surface area contributed by atoms with Gasteiger partial charge in [-0.3, -0.25) is 0 Å². The summed E-state index contributed by atoms with van der Waals surface area (Å²) in [5.74, 6) is 0.777. The van der Waals surface area contributed by atoms with Gasteiger partial charge in [0.05, 0.1) is 0 Å². The van der Waals surface area contributed by atoms with Gasteiger partial charge in [0.2, 0.25) is 0 Å². The Labute approximate surface area is 81.9 Å².